The Hall–Kier alpha value is -0.880. The van der Waals surface area contributed by atoms with Gasteiger partial charge in [-0.25, -0.2) is 0 Å². The van der Waals surface area contributed by atoms with Crippen molar-refractivity contribution in [2.75, 3.05) is 6.54 Å². The van der Waals surface area contributed by atoms with E-state index in [2.05, 4.69) is 15.9 Å². The number of carbonyl (C=O) groups excluding carboxylic acids is 1. The van der Waals surface area contributed by atoms with Crippen LogP contribution in [0.1, 0.15) is 30.1 Å². The van der Waals surface area contributed by atoms with Crippen molar-refractivity contribution in [1.82, 2.24) is 4.90 Å². The third-order valence-corrected chi connectivity index (χ3v) is 3.91. The Morgan fingerprint density at radius 2 is 1.90 bits per heavy atom. The average molecular weight is 350 g/mol. The lowest BCUT2D eigenvalue weighted by molar-refractivity contribution is -0.149. The zero-order valence-electron chi connectivity index (χ0n) is 11.0. The smallest absolute Gasteiger partial charge is 0.292 e. The van der Waals surface area contributed by atoms with Gasteiger partial charge in [0.25, 0.3) is 0 Å². The first kappa shape index (κ1) is 15.5. The molecule has 1 fully saturated rings. The molecule has 1 aliphatic rings. The normalized spacial score (nSPS) is 17.3. The first-order chi connectivity index (χ1) is 9.28. The molecule has 6 heteroatoms. The lowest BCUT2D eigenvalue weighted by Gasteiger charge is -2.29. The molecule has 1 unspecified atom stereocenters. The minimum Gasteiger partial charge on any atom is -0.292 e. The number of carbonyl (C=O) groups is 1. The molecule has 1 atom stereocenters. The molecule has 110 valence electrons. The molecule has 0 radical (unpaired) electrons. The Kier molecular flexibility index (Phi) is 4.54. The molecule has 0 amide bonds. The molecule has 0 spiro atoms. The van der Waals surface area contributed by atoms with Crippen molar-refractivity contribution in [2.24, 2.45) is 0 Å². The van der Waals surface area contributed by atoms with Gasteiger partial charge in [0.1, 0.15) is 0 Å². The third kappa shape index (κ3) is 4.06. The Labute approximate surface area is 124 Å². The second-order valence-corrected chi connectivity index (χ2v) is 5.98. The van der Waals surface area contributed by atoms with Gasteiger partial charge in [-0.15, -0.1) is 0 Å². The minimum absolute atomic E-state index is 0.119. The molecular formula is C14H15BrF3NO. The van der Waals surface area contributed by atoms with E-state index in [1.807, 2.05) is 0 Å². The highest BCUT2D eigenvalue weighted by Crippen LogP contribution is 2.32. The number of Topliss-reactive ketones (excluding diaryl/α,β-unsaturated/α-hetero) is 1. The fraction of sp³-hybridized carbons (Fsp3) is 0.500. The van der Waals surface area contributed by atoms with Gasteiger partial charge in [-0.1, -0.05) is 28.1 Å². The van der Waals surface area contributed by atoms with Crippen LogP contribution in [0.25, 0.3) is 0 Å². The number of hydrogen-bond acceptors (Lipinski definition) is 2. The van der Waals surface area contributed by atoms with Crippen molar-refractivity contribution in [3.05, 3.63) is 34.3 Å². The van der Waals surface area contributed by atoms with Crippen LogP contribution in [0.3, 0.4) is 0 Å². The Balaban J connectivity index is 2.12. The summed E-state index contributed by atoms with van der Waals surface area (Å²) in [7, 11) is 0. The van der Waals surface area contributed by atoms with Gasteiger partial charge in [-0.05, 0) is 31.9 Å². The summed E-state index contributed by atoms with van der Waals surface area (Å²) in [4.78, 5) is 13.6. The van der Waals surface area contributed by atoms with Crippen LogP contribution in [0.4, 0.5) is 13.2 Å². The third-order valence-electron chi connectivity index (χ3n) is 3.38. The van der Waals surface area contributed by atoms with Gasteiger partial charge in [0.15, 0.2) is 5.78 Å². The number of nitrogens with zero attached hydrogens (tertiary/aromatic N) is 1. The van der Waals surface area contributed by atoms with Crippen LogP contribution in [-0.4, -0.2) is 35.5 Å². The van der Waals surface area contributed by atoms with Crippen molar-refractivity contribution in [3.63, 3.8) is 0 Å². The standard InChI is InChI=1S/C14H15BrF3NO/c1-9(13(20)10-2-4-11(15)5-3-10)19(12-6-7-12)8-14(16,17)18/h2-5,9,12H,6-8H2,1H3. The van der Waals surface area contributed by atoms with Gasteiger partial charge in [-0.3, -0.25) is 9.69 Å². The molecule has 1 aromatic rings. The molecule has 0 aromatic heterocycles. The maximum Gasteiger partial charge on any atom is 0.401 e. The van der Waals surface area contributed by atoms with Gasteiger partial charge in [0, 0.05) is 16.1 Å². The second-order valence-electron chi connectivity index (χ2n) is 5.07. The highest BCUT2D eigenvalue weighted by molar-refractivity contribution is 9.10. The van der Waals surface area contributed by atoms with E-state index in [-0.39, 0.29) is 11.8 Å². The predicted octanol–water partition coefficient (Wildman–Crippen LogP) is 4.05. The summed E-state index contributed by atoms with van der Waals surface area (Å²) in [5, 5.41) is 0. The van der Waals surface area contributed by atoms with Crippen LogP contribution in [-0.2, 0) is 0 Å². The summed E-state index contributed by atoms with van der Waals surface area (Å²) in [6, 6.07) is 5.80. The molecule has 0 bridgehead atoms. The number of rotatable bonds is 5. The molecule has 0 heterocycles. The lowest BCUT2D eigenvalue weighted by Crippen LogP contribution is -2.45. The summed E-state index contributed by atoms with van der Waals surface area (Å²) in [5.41, 5.74) is 0.438. The zero-order chi connectivity index (χ0) is 14.9. The monoisotopic (exact) mass is 349 g/mol. The molecule has 1 saturated carbocycles. The first-order valence-electron chi connectivity index (χ1n) is 6.40. The van der Waals surface area contributed by atoms with Gasteiger partial charge < -0.3 is 0 Å². The van der Waals surface area contributed by atoms with E-state index in [9.17, 15) is 18.0 Å². The Morgan fingerprint density at radius 1 is 1.35 bits per heavy atom. The van der Waals surface area contributed by atoms with E-state index in [1.165, 1.54) is 4.90 Å². The summed E-state index contributed by atoms with van der Waals surface area (Å²) in [5.74, 6) is -0.270. The number of halogens is 4. The summed E-state index contributed by atoms with van der Waals surface area (Å²) in [6.45, 7) is 0.523. The van der Waals surface area contributed by atoms with Crippen LogP contribution in [0.2, 0.25) is 0 Å². The van der Waals surface area contributed by atoms with Crippen molar-refractivity contribution >= 4 is 21.7 Å². The molecule has 0 saturated heterocycles. The molecule has 20 heavy (non-hydrogen) atoms. The maximum atomic E-state index is 12.6. The molecule has 1 aromatic carbocycles. The number of benzene rings is 1. The molecule has 2 rings (SSSR count). The van der Waals surface area contributed by atoms with Gasteiger partial charge in [-0.2, -0.15) is 13.2 Å². The molecule has 1 aliphatic carbocycles. The van der Waals surface area contributed by atoms with Crippen LogP contribution in [0, 0.1) is 0 Å². The van der Waals surface area contributed by atoms with Gasteiger partial charge in [0.05, 0.1) is 12.6 Å². The summed E-state index contributed by atoms with van der Waals surface area (Å²) in [6.07, 6.45) is -2.82. The Bertz CT molecular complexity index is 482. The maximum absolute atomic E-state index is 12.6. The van der Waals surface area contributed by atoms with E-state index >= 15 is 0 Å². The van der Waals surface area contributed by atoms with Crippen molar-refractivity contribution in [1.29, 1.82) is 0 Å². The van der Waals surface area contributed by atoms with Crippen LogP contribution < -0.4 is 0 Å². The molecule has 0 aliphatic heterocycles. The van der Waals surface area contributed by atoms with Gasteiger partial charge in [0.2, 0.25) is 0 Å². The highest BCUT2D eigenvalue weighted by Gasteiger charge is 2.42. The first-order valence-corrected chi connectivity index (χ1v) is 7.19. The molecule has 2 nitrogen and oxygen atoms in total. The highest BCUT2D eigenvalue weighted by atomic mass is 79.9. The lowest BCUT2D eigenvalue weighted by atomic mass is 10.0. The van der Waals surface area contributed by atoms with E-state index < -0.39 is 18.8 Å². The van der Waals surface area contributed by atoms with Crippen LogP contribution in [0.15, 0.2) is 28.7 Å². The fourth-order valence-electron chi connectivity index (χ4n) is 2.20. The topological polar surface area (TPSA) is 20.3 Å². The molecular weight excluding hydrogens is 335 g/mol. The zero-order valence-corrected chi connectivity index (χ0v) is 12.5. The van der Waals surface area contributed by atoms with E-state index in [1.54, 1.807) is 31.2 Å². The number of hydrogen-bond donors (Lipinski definition) is 0. The SMILES string of the molecule is CC(C(=O)c1ccc(Br)cc1)N(CC(F)(F)F)C1CC1. The predicted molar refractivity (Wildman–Crippen MR) is 73.7 cm³/mol. The number of ketones is 1. The van der Waals surface area contributed by atoms with E-state index in [4.69, 9.17) is 0 Å². The quantitative estimate of drug-likeness (QED) is 0.747. The largest absolute Gasteiger partial charge is 0.401 e. The summed E-state index contributed by atoms with van der Waals surface area (Å²) >= 11 is 3.26. The average Bonchev–Trinajstić information content (AvgIpc) is 3.18. The van der Waals surface area contributed by atoms with Crippen molar-refractivity contribution < 1.29 is 18.0 Å². The van der Waals surface area contributed by atoms with Crippen molar-refractivity contribution in [2.45, 2.75) is 38.0 Å². The summed E-state index contributed by atoms with van der Waals surface area (Å²) < 4.78 is 38.7. The van der Waals surface area contributed by atoms with Crippen LogP contribution in [0.5, 0.6) is 0 Å². The second kappa shape index (κ2) is 5.85. The molecule has 0 N–H and O–H groups in total. The van der Waals surface area contributed by atoms with Crippen LogP contribution >= 0.6 is 15.9 Å². The number of alkyl halides is 3. The van der Waals surface area contributed by atoms with Gasteiger partial charge >= 0.3 is 6.18 Å². The Morgan fingerprint density at radius 3 is 2.35 bits per heavy atom. The minimum atomic E-state index is -4.28. The fourth-order valence-corrected chi connectivity index (χ4v) is 2.47. The van der Waals surface area contributed by atoms with E-state index in [0.29, 0.717) is 5.56 Å². The van der Waals surface area contributed by atoms with E-state index in [0.717, 1.165) is 17.3 Å². The van der Waals surface area contributed by atoms with Crippen molar-refractivity contribution in [3.8, 4) is 0 Å².